The van der Waals surface area contributed by atoms with Crippen LogP contribution in [0.3, 0.4) is 0 Å². The monoisotopic (exact) mass is 557 g/mol. The largest absolute Gasteiger partial charge is 0.480 e. The van der Waals surface area contributed by atoms with Crippen molar-refractivity contribution in [2.45, 2.75) is 32.2 Å². The van der Waals surface area contributed by atoms with E-state index in [9.17, 15) is 33.2 Å². The fourth-order valence-electron chi connectivity index (χ4n) is 4.76. The second kappa shape index (κ2) is 10.8. The van der Waals surface area contributed by atoms with Gasteiger partial charge in [-0.15, -0.1) is 0 Å². The van der Waals surface area contributed by atoms with Gasteiger partial charge in [0.1, 0.15) is 23.6 Å². The van der Waals surface area contributed by atoms with Crippen LogP contribution in [0.25, 0.3) is 16.7 Å². The lowest BCUT2D eigenvalue weighted by Gasteiger charge is -2.41. The van der Waals surface area contributed by atoms with Gasteiger partial charge in [0.15, 0.2) is 6.29 Å². The quantitative estimate of drug-likeness (QED) is 0.245. The number of benzene rings is 2. The van der Waals surface area contributed by atoms with E-state index in [0.29, 0.717) is 36.8 Å². The van der Waals surface area contributed by atoms with E-state index in [-0.39, 0.29) is 19.1 Å². The average molecular weight is 557 g/mol. The van der Waals surface area contributed by atoms with Gasteiger partial charge in [-0.25, -0.2) is 17.6 Å². The molecule has 2 unspecified atom stereocenters. The Labute approximate surface area is 217 Å². The molecule has 0 spiro atoms. The molecule has 0 amide bonds. The van der Waals surface area contributed by atoms with Gasteiger partial charge in [0.2, 0.25) is 17.0 Å². The van der Waals surface area contributed by atoms with Crippen molar-refractivity contribution in [1.29, 1.82) is 0 Å². The topological polar surface area (TPSA) is 98.9 Å². The third-order valence-electron chi connectivity index (χ3n) is 6.72. The lowest BCUT2D eigenvalue weighted by atomic mass is 9.75. The summed E-state index contributed by atoms with van der Waals surface area (Å²) in [5.41, 5.74) is -7.42. The van der Waals surface area contributed by atoms with E-state index in [0.717, 1.165) is 12.5 Å². The van der Waals surface area contributed by atoms with Crippen LogP contribution in [0, 0.1) is 44.7 Å². The predicted molar refractivity (Wildman–Crippen MR) is 125 cm³/mol. The molecule has 1 fully saturated rings. The zero-order valence-corrected chi connectivity index (χ0v) is 20.2. The van der Waals surface area contributed by atoms with Gasteiger partial charge in [-0.1, -0.05) is 13.3 Å². The van der Waals surface area contributed by atoms with Crippen molar-refractivity contribution >= 4 is 17.2 Å². The Kier molecular flexibility index (Phi) is 7.84. The van der Waals surface area contributed by atoms with Crippen LogP contribution < -0.4 is 0 Å². The Morgan fingerprint density at radius 2 is 1.72 bits per heavy atom. The standard InChI is InChI=1S/C26H21F6NO6/c1-2-3-12-10-38-25(39-11-12)26(24(34)35)19(30)8-14(9-20(26)31)21-16(27)5-4-15(22(21)32)13-6-17(28)23(33(36)37)18(29)7-13/h4-9,12,19,25H,2-3,10-11H2,1H3,(H,34,35). The Bertz CT molecular complexity index is 1360. The molecule has 1 saturated heterocycles. The Morgan fingerprint density at radius 1 is 1.10 bits per heavy atom. The number of allylic oxidation sites excluding steroid dienone is 3. The van der Waals surface area contributed by atoms with Gasteiger partial charge < -0.3 is 14.6 Å². The number of nitrogens with zero attached hydrogens (tertiary/aromatic N) is 1. The summed E-state index contributed by atoms with van der Waals surface area (Å²) in [4.78, 5) is 21.7. The molecule has 39 heavy (non-hydrogen) atoms. The van der Waals surface area contributed by atoms with Crippen LogP contribution in [0.4, 0.5) is 32.0 Å². The second-order valence-electron chi connectivity index (χ2n) is 9.17. The number of ether oxygens (including phenoxy) is 2. The van der Waals surface area contributed by atoms with Crippen molar-refractivity contribution in [2.24, 2.45) is 11.3 Å². The molecule has 13 heteroatoms. The van der Waals surface area contributed by atoms with Crippen LogP contribution in [-0.4, -0.2) is 41.7 Å². The Balaban J connectivity index is 1.76. The molecule has 2 aromatic carbocycles. The highest BCUT2D eigenvalue weighted by atomic mass is 19.2. The van der Waals surface area contributed by atoms with Crippen LogP contribution >= 0.6 is 0 Å². The molecule has 4 rings (SSSR count). The predicted octanol–water partition coefficient (Wildman–Crippen LogP) is 6.27. The number of nitro benzene ring substituents is 1. The van der Waals surface area contributed by atoms with Gasteiger partial charge in [-0.05, 0) is 54.0 Å². The minimum atomic E-state index is -2.99. The Hall–Kier alpha value is -3.71. The summed E-state index contributed by atoms with van der Waals surface area (Å²) in [7, 11) is 0. The van der Waals surface area contributed by atoms with Crippen molar-refractivity contribution < 1.29 is 50.6 Å². The number of rotatable bonds is 7. The number of halogens is 6. The SMILES string of the molecule is CCCC1COC(C2(C(=O)O)C(F)=CC(c3c(F)ccc(-c4cc(F)c([N+](=O)[O-])c(F)c4)c3F)=CC2F)OC1. The summed E-state index contributed by atoms with van der Waals surface area (Å²) in [5, 5.41) is 20.7. The van der Waals surface area contributed by atoms with E-state index >= 15 is 13.2 Å². The molecule has 0 saturated carbocycles. The van der Waals surface area contributed by atoms with Crippen LogP contribution in [0.1, 0.15) is 25.3 Å². The molecule has 0 aromatic heterocycles. The zero-order chi connectivity index (χ0) is 28.6. The first-order valence-electron chi connectivity index (χ1n) is 11.8. The third kappa shape index (κ3) is 4.80. The number of alkyl halides is 1. The molecule has 1 heterocycles. The third-order valence-corrected chi connectivity index (χ3v) is 6.72. The molecule has 1 N–H and O–H groups in total. The summed E-state index contributed by atoms with van der Waals surface area (Å²) >= 11 is 0. The molecule has 0 radical (unpaired) electrons. The van der Waals surface area contributed by atoms with Gasteiger partial charge in [-0.3, -0.25) is 14.9 Å². The highest BCUT2D eigenvalue weighted by molar-refractivity contribution is 5.87. The van der Waals surface area contributed by atoms with E-state index in [1.807, 2.05) is 6.92 Å². The first kappa shape index (κ1) is 28.3. The Morgan fingerprint density at radius 3 is 2.23 bits per heavy atom. The summed E-state index contributed by atoms with van der Waals surface area (Å²) in [6, 6.07) is 2.33. The highest BCUT2D eigenvalue weighted by Crippen LogP contribution is 2.48. The summed E-state index contributed by atoms with van der Waals surface area (Å²) in [6.45, 7) is 1.87. The first-order valence-corrected chi connectivity index (χ1v) is 11.8. The molecule has 2 aromatic rings. The van der Waals surface area contributed by atoms with Crippen LogP contribution in [0.5, 0.6) is 0 Å². The second-order valence-corrected chi connectivity index (χ2v) is 9.17. The molecule has 208 valence electrons. The molecule has 2 atom stereocenters. The van der Waals surface area contributed by atoms with Gasteiger partial charge in [0.25, 0.3) is 0 Å². The molecular formula is C26H21F6NO6. The number of carboxylic acids is 1. The molecule has 0 bridgehead atoms. The number of carboxylic acid groups (broad SMARTS) is 1. The molecule has 7 nitrogen and oxygen atoms in total. The van der Waals surface area contributed by atoms with E-state index in [1.54, 1.807) is 0 Å². The van der Waals surface area contributed by atoms with E-state index in [2.05, 4.69) is 0 Å². The maximum Gasteiger partial charge on any atom is 0.340 e. The minimum absolute atomic E-state index is 0.0161. The van der Waals surface area contributed by atoms with Crippen LogP contribution in [-0.2, 0) is 14.3 Å². The lowest BCUT2D eigenvalue weighted by molar-refractivity contribution is -0.390. The first-order chi connectivity index (χ1) is 18.4. The number of carbonyl (C=O) groups is 1. The average Bonchev–Trinajstić information content (AvgIpc) is 2.84. The van der Waals surface area contributed by atoms with Gasteiger partial charge in [0.05, 0.1) is 23.7 Å². The fourth-order valence-corrected chi connectivity index (χ4v) is 4.76. The van der Waals surface area contributed by atoms with Crippen molar-refractivity contribution in [3.63, 3.8) is 0 Å². The normalized spacial score (nSPS) is 25.2. The van der Waals surface area contributed by atoms with E-state index < -0.39 is 85.8 Å². The maximum atomic E-state index is 15.6. The van der Waals surface area contributed by atoms with Crippen molar-refractivity contribution in [3.8, 4) is 11.1 Å². The molecule has 2 aliphatic rings. The summed E-state index contributed by atoms with van der Waals surface area (Å²) in [5.74, 6) is -9.80. The zero-order valence-electron chi connectivity index (χ0n) is 20.2. The van der Waals surface area contributed by atoms with E-state index in [1.165, 1.54) is 0 Å². The van der Waals surface area contributed by atoms with Crippen molar-refractivity contribution in [3.05, 3.63) is 81.2 Å². The van der Waals surface area contributed by atoms with E-state index in [4.69, 9.17) is 9.47 Å². The summed E-state index contributed by atoms with van der Waals surface area (Å²) < 4.78 is 100. The number of hydrogen-bond donors (Lipinski definition) is 1. The van der Waals surface area contributed by atoms with Gasteiger partial charge in [-0.2, -0.15) is 8.78 Å². The maximum absolute atomic E-state index is 15.6. The van der Waals surface area contributed by atoms with Crippen LogP contribution in [0.2, 0.25) is 0 Å². The van der Waals surface area contributed by atoms with Crippen molar-refractivity contribution in [1.82, 2.24) is 0 Å². The van der Waals surface area contributed by atoms with Gasteiger partial charge >= 0.3 is 11.7 Å². The fraction of sp³-hybridized carbons (Fsp3) is 0.346. The molecular weight excluding hydrogens is 536 g/mol. The lowest BCUT2D eigenvalue weighted by Crippen LogP contribution is -2.55. The number of nitro groups is 1. The number of aliphatic carboxylic acids is 1. The van der Waals surface area contributed by atoms with Crippen molar-refractivity contribution in [2.75, 3.05) is 13.2 Å². The smallest absolute Gasteiger partial charge is 0.340 e. The minimum Gasteiger partial charge on any atom is -0.480 e. The summed E-state index contributed by atoms with van der Waals surface area (Å²) in [6.07, 6.45) is -2.22. The van der Waals surface area contributed by atoms with Gasteiger partial charge in [0, 0.05) is 11.5 Å². The highest BCUT2D eigenvalue weighted by Gasteiger charge is 2.60. The molecule has 1 aliphatic carbocycles. The molecule has 1 aliphatic heterocycles. The number of hydrogen-bond acceptors (Lipinski definition) is 5. The van der Waals surface area contributed by atoms with Crippen LogP contribution in [0.15, 0.2) is 42.2 Å².